The van der Waals surface area contributed by atoms with E-state index in [0.29, 0.717) is 42.7 Å². The summed E-state index contributed by atoms with van der Waals surface area (Å²) >= 11 is 0. The van der Waals surface area contributed by atoms with Gasteiger partial charge >= 0.3 is 261 Å². The molecule has 0 N–H and O–H groups in total. The molecule has 0 atom stereocenters. The van der Waals surface area contributed by atoms with Crippen molar-refractivity contribution in [3.8, 4) is 22.6 Å². The van der Waals surface area contributed by atoms with Crippen LogP contribution in [0.15, 0.2) is 169 Å². The summed E-state index contributed by atoms with van der Waals surface area (Å²) in [6.45, 7) is 0.734. The molecule has 7 heteroatoms. The molecule has 0 saturated carbocycles. The summed E-state index contributed by atoms with van der Waals surface area (Å²) in [5, 5.41) is 2.52. The van der Waals surface area contributed by atoms with Gasteiger partial charge in [0.15, 0.2) is 0 Å². The van der Waals surface area contributed by atoms with Crippen LogP contribution in [0.1, 0.15) is 18.9 Å². The Morgan fingerprint density at radius 2 is 1.04 bits per heavy atom. The zero-order valence-corrected chi connectivity index (χ0v) is 29.5. The van der Waals surface area contributed by atoms with E-state index in [0.717, 1.165) is 27.2 Å². The van der Waals surface area contributed by atoms with E-state index < -0.39 is 16.9 Å². The first-order valence-electron chi connectivity index (χ1n) is 16.5. The van der Waals surface area contributed by atoms with Gasteiger partial charge in [-0.1, -0.05) is 18.2 Å². The van der Waals surface area contributed by atoms with E-state index in [1.807, 2.05) is 172 Å². The van der Waals surface area contributed by atoms with Crippen molar-refractivity contribution in [2.45, 2.75) is 25.2 Å². The molecule has 0 spiro atoms. The summed E-state index contributed by atoms with van der Waals surface area (Å²) in [4.78, 5) is 0.0896. The molecule has 0 aromatic heterocycles. The van der Waals surface area contributed by atoms with Crippen LogP contribution in [-0.4, -0.2) is 27.8 Å². The number of aryl methyl sites for hydroxylation is 1. The molecule has 0 fully saturated rings. The van der Waals surface area contributed by atoms with E-state index in [4.69, 9.17) is 13.4 Å². The average molecular weight is 689 g/mol. The number of benzene rings is 6. The van der Waals surface area contributed by atoms with Gasteiger partial charge in [-0.2, -0.15) is 0 Å². The van der Waals surface area contributed by atoms with Gasteiger partial charge in [-0.3, -0.25) is 0 Å². The fraction of sp³-hybridized carbons (Fsp3) is 0.143. The first kappa shape index (κ1) is 34.1. The summed E-state index contributed by atoms with van der Waals surface area (Å²) in [6, 6.07) is 52.1. The van der Waals surface area contributed by atoms with Crippen LogP contribution >= 0.6 is 6.83 Å². The van der Waals surface area contributed by atoms with Crippen LogP contribution in [0, 0.1) is 6.92 Å². The second-order valence-corrected chi connectivity index (χ2v) is 18.5. The monoisotopic (exact) mass is 688 g/mol. The molecule has 250 valence electrons. The minimum absolute atomic E-state index is 0.0896. The molecule has 0 saturated heterocycles. The van der Waals surface area contributed by atoms with Crippen LogP contribution < -0.4 is 25.4 Å². The van der Waals surface area contributed by atoms with Gasteiger partial charge in [0.05, 0.1) is 0 Å². The Kier molecular flexibility index (Phi) is 10.3. The minimum atomic E-state index is -4.42. The standard InChI is InChI=1S/C42H41O5PS/c1-3-48(36-21-10-5-11-22-36,37-23-12-6-13-24-37,38-25-14-7-15-26-38)47-49(43,44)42-30-29-34(2)33-40(42)39-27-16-17-28-41(39)46-32-18-31-45-35-19-8-4-9-20-35/h4-17,19-30,33H,3,18,31-32H2,1-2H3. The van der Waals surface area contributed by atoms with Crippen molar-refractivity contribution in [1.82, 2.24) is 0 Å². The molecular formula is C42H41O5PS. The van der Waals surface area contributed by atoms with Crippen molar-refractivity contribution in [2.24, 2.45) is 0 Å². The van der Waals surface area contributed by atoms with Crippen LogP contribution in [0.3, 0.4) is 0 Å². The van der Waals surface area contributed by atoms with Gasteiger partial charge in [-0.05, 0) is 12.1 Å². The third-order valence-corrected chi connectivity index (χ3v) is 17.3. The predicted molar refractivity (Wildman–Crippen MR) is 203 cm³/mol. The van der Waals surface area contributed by atoms with Crippen molar-refractivity contribution in [1.29, 1.82) is 0 Å². The van der Waals surface area contributed by atoms with Gasteiger partial charge in [0, 0.05) is 0 Å². The molecule has 0 aliphatic rings. The summed E-state index contributed by atoms with van der Waals surface area (Å²) in [7, 11) is -4.42. The Morgan fingerprint density at radius 3 is 1.59 bits per heavy atom. The van der Waals surface area contributed by atoms with Gasteiger partial charge in [0.1, 0.15) is 0 Å². The molecule has 0 unspecified atom stereocenters. The third kappa shape index (κ3) is 6.78. The van der Waals surface area contributed by atoms with E-state index in [1.54, 1.807) is 6.07 Å². The SMILES string of the molecule is CCP(OS(=O)(=O)c1ccc(C)cc1-c1ccccc1OCCCOc1ccccc1)(c1ccccc1)(c1ccccc1)c1ccccc1. The number of rotatable bonds is 14. The molecule has 6 aromatic rings. The van der Waals surface area contributed by atoms with E-state index in [2.05, 4.69) is 0 Å². The van der Waals surface area contributed by atoms with E-state index >= 15 is 8.42 Å². The van der Waals surface area contributed by atoms with E-state index in [-0.39, 0.29) is 4.90 Å². The molecule has 5 nitrogen and oxygen atoms in total. The van der Waals surface area contributed by atoms with Gasteiger partial charge < -0.3 is 0 Å². The summed E-state index contributed by atoms with van der Waals surface area (Å²) in [5.74, 6) is 1.40. The van der Waals surface area contributed by atoms with Gasteiger partial charge in [0.25, 0.3) is 0 Å². The third-order valence-electron chi connectivity index (χ3n) is 8.91. The quantitative estimate of drug-likeness (QED) is 0.0847. The Morgan fingerprint density at radius 1 is 0.551 bits per heavy atom. The second-order valence-electron chi connectivity index (χ2n) is 11.9. The summed E-state index contributed by atoms with van der Waals surface area (Å²) in [6.07, 6.45) is 1.08. The van der Waals surface area contributed by atoms with Crippen LogP contribution in [-0.2, 0) is 14.1 Å². The zero-order chi connectivity index (χ0) is 34.2. The number of hydrogen-bond acceptors (Lipinski definition) is 5. The Hall–Kier alpha value is -4.74. The fourth-order valence-corrected chi connectivity index (χ4v) is 15.1. The van der Waals surface area contributed by atoms with E-state index in [1.165, 1.54) is 0 Å². The van der Waals surface area contributed by atoms with Crippen molar-refractivity contribution < 1.29 is 21.9 Å². The molecule has 0 radical (unpaired) electrons. The Bertz CT molecular complexity index is 1990. The molecule has 0 aliphatic carbocycles. The molecular weight excluding hydrogens is 647 g/mol. The number of para-hydroxylation sites is 2. The van der Waals surface area contributed by atoms with E-state index in [9.17, 15) is 0 Å². The normalized spacial score (nSPS) is 12.5. The number of ether oxygens (including phenoxy) is 2. The Labute approximate surface area is 290 Å². The Balaban J connectivity index is 1.44. The summed E-state index contributed by atoms with van der Waals surface area (Å²) < 4.78 is 49.4. The van der Waals surface area contributed by atoms with Gasteiger partial charge in [-0.25, -0.2) is 0 Å². The molecule has 0 amide bonds. The zero-order valence-electron chi connectivity index (χ0n) is 27.8. The van der Waals surface area contributed by atoms with Crippen LogP contribution in [0.4, 0.5) is 0 Å². The maximum atomic E-state index is 15.1. The fourth-order valence-electron chi connectivity index (χ4n) is 6.50. The first-order valence-corrected chi connectivity index (χ1v) is 20.3. The summed E-state index contributed by atoms with van der Waals surface area (Å²) in [5.41, 5.74) is 2.12. The molecule has 0 aliphatic heterocycles. The predicted octanol–water partition coefficient (Wildman–Crippen LogP) is 8.68. The molecule has 0 heterocycles. The first-order chi connectivity index (χ1) is 23.9. The topological polar surface area (TPSA) is 61.8 Å². The molecule has 0 bridgehead atoms. The van der Waals surface area contributed by atoms with Gasteiger partial charge in [0.2, 0.25) is 0 Å². The second kappa shape index (κ2) is 14.8. The molecule has 6 rings (SSSR count). The van der Waals surface area contributed by atoms with Crippen molar-refractivity contribution in [2.75, 3.05) is 19.4 Å². The maximum absolute atomic E-state index is 15.1. The number of hydrogen-bond donors (Lipinski definition) is 0. The molecule has 6 aromatic carbocycles. The average Bonchev–Trinajstić information content (AvgIpc) is 3.15. The van der Waals surface area contributed by atoms with Crippen LogP contribution in [0.2, 0.25) is 0 Å². The molecule has 49 heavy (non-hydrogen) atoms. The van der Waals surface area contributed by atoms with Crippen LogP contribution in [0.25, 0.3) is 11.1 Å². The van der Waals surface area contributed by atoms with Crippen molar-refractivity contribution in [3.05, 3.63) is 169 Å². The van der Waals surface area contributed by atoms with Gasteiger partial charge in [-0.15, -0.1) is 0 Å². The van der Waals surface area contributed by atoms with Crippen molar-refractivity contribution in [3.63, 3.8) is 0 Å². The van der Waals surface area contributed by atoms with Crippen molar-refractivity contribution >= 4 is 32.9 Å². The van der Waals surface area contributed by atoms with Crippen LogP contribution in [0.5, 0.6) is 11.5 Å².